The van der Waals surface area contributed by atoms with E-state index in [-0.39, 0.29) is 0 Å². The van der Waals surface area contributed by atoms with E-state index >= 15 is 0 Å². The van der Waals surface area contributed by atoms with Gasteiger partial charge in [-0.15, -0.1) is 0 Å². The number of methoxy groups -OCH3 is 3. The SMILES string of the molecule is CCc1ccc(C(=O)NNC(=O)/C=C/c2cc(OC)c(OC)c(OC)c2)cc1. The molecular weight excluding hydrogens is 360 g/mol. The van der Waals surface area contributed by atoms with Crippen molar-refractivity contribution in [3.63, 3.8) is 0 Å². The Kier molecular flexibility index (Phi) is 7.45. The first-order chi connectivity index (χ1) is 13.5. The molecule has 0 radical (unpaired) electrons. The van der Waals surface area contributed by atoms with E-state index in [1.807, 2.05) is 19.1 Å². The van der Waals surface area contributed by atoms with Crippen molar-refractivity contribution in [1.82, 2.24) is 10.9 Å². The fourth-order valence-corrected chi connectivity index (χ4v) is 2.49. The van der Waals surface area contributed by atoms with E-state index in [1.165, 1.54) is 27.4 Å². The lowest BCUT2D eigenvalue weighted by Crippen LogP contribution is -2.40. The molecule has 0 atom stereocenters. The van der Waals surface area contributed by atoms with Crippen LogP contribution < -0.4 is 25.1 Å². The fraction of sp³-hybridized carbons (Fsp3) is 0.238. The van der Waals surface area contributed by atoms with Crippen LogP contribution in [0.25, 0.3) is 6.08 Å². The maximum absolute atomic E-state index is 12.1. The average molecular weight is 384 g/mol. The molecule has 2 amide bonds. The second kappa shape index (κ2) is 10.0. The Morgan fingerprint density at radius 2 is 1.54 bits per heavy atom. The van der Waals surface area contributed by atoms with E-state index in [0.29, 0.717) is 28.4 Å². The highest BCUT2D eigenvalue weighted by molar-refractivity contribution is 5.98. The summed E-state index contributed by atoms with van der Waals surface area (Å²) >= 11 is 0. The Balaban J connectivity index is 2.00. The predicted molar refractivity (Wildman–Crippen MR) is 107 cm³/mol. The van der Waals surface area contributed by atoms with Gasteiger partial charge >= 0.3 is 0 Å². The highest BCUT2D eigenvalue weighted by atomic mass is 16.5. The lowest BCUT2D eigenvalue weighted by atomic mass is 10.1. The van der Waals surface area contributed by atoms with Gasteiger partial charge in [0.25, 0.3) is 11.8 Å². The lowest BCUT2D eigenvalue weighted by molar-refractivity contribution is -0.117. The summed E-state index contributed by atoms with van der Waals surface area (Å²) < 4.78 is 15.8. The topological polar surface area (TPSA) is 85.9 Å². The maximum Gasteiger partial charge on any atom is 0.269 e. The van der Waals surface area contributed by atoms with Gasteiger partial charge in [-0.1, -0.05) is 19.1 Å². The largest absolute Gasteiger partial charge is 0.493 e. The summed E-state index contributed by atoms with van der Waals surface area (Å²) in [6, 6.07) is 10.6. The van der Waals surface area contributed by atoms with Crippen molar-refractivity contribution in [1.29, 1.82) is 0 Å². The molecule has 0 aliphatic heterocycles. The molecule has 2 rings (SSSR count). The number of carbonyl (C=O) groups excluding carboxylic acids is 2. The number of hydrazine groups is 1. The number of rotatable bonds is 7. The molecule has 28 heavy (non-hydrogen) atoms. The monoisotopic (exact) mass is 384 g/mol. The predicted octanol–water partition coefficient (Wildman–Crippen LogP) is 2.75. The van der Waals surface area contributed by atoms with Crippen LogP contribution in [0.4, 0.5) is 0 Å². The smallest absolute Gasteiger partial charge is 0.269 e. The molecule has 0 saturated carbocycles. The van der Waals surface area contributed by atoms with E-state index in [1.54, 1.807) is 30.3 Å². The van der Waals surface area contributed by atoms with Crippen LogP contribution >= 0.6 is 0 Å². The third-order valence-corrected chi connectivity index (χ3v) is 4.04. The molecule has 2 N–H and O–H groups in total. The highest BCUT2D eigenvalue weighted by Crippen LogP contribution is 2.38. The van der Waals surface area contributed by atoms with E-state index in [4.69, 9.17) is 14.2 Å². The summed E-state index contributed by atoms with van der Waals surface area (Å²) in [4.78, 5) is 24.0. The molecule has 0 spiro atoms. The number of amides is 2. The Hall–Kier alpha value is -3.48. The first kappa shape index (κ1) is 20.8. The number of ether oxygens (including phenoxy) is 3. The van der Waals surface area contributed by atoms with Crippen molar-refractivity contribution in [2.45, 2.75) is 13.3 Å². The highest BCUT2D eigenvalue weighted by Gasteiger charge is 2.12. The molecule has 0 aliphatic carbocycles. The zero-order valence-corrected chi connectivity index (χ0v) is 16.4. The minimum atomic E-state index is -0.479. The second-order valence-corrected chi connectivity index (χ2v) is 5.79. The molecule has 148 valence electrons. The summed E-state index contributed by atoms with van der Waals surface area (Å²) in [6.45, 7) is 2.04. The number of benzene rings is 2. The van der Waals surface area contributed by atoms with Crippen LogP contribution in [0.2, 0.25) is 0 Å². The van der Waals surface area contributed by atoms with Gasteiger partial charge < -0.3 is 14.2 Å². The molecule has 0 aromatic heterocycles. The molecule has 2 aromatic carbocycles. The number of hydrogen-bond donors (Lipinski definition) is 2. The quantitative estimate of drug-likeness (QED) is 0.566. The zero-order valence-electron chi connectivity index (χ0n) is 16.4. The molecule has 0 heterocycles. The van der Waals surface area contributed by atoms with Gasteiger partial charge in [0, 0.05) is 11.6 Å². The summed E-state index contributed by atoms with van der Waals surface area (Å²) in [5.41, 5.74) is 6.99. The average Bonchev–Trinajstić information content (AvgIpc) is 2.74. The minimum absolute atomic E-state index is 0.391. The normalized spacial score (nSPS) is 10.4. The summed E-state index contributed by atoms with van der Waals surface area (Å²) in [5.74, 6) is 0.550. The van der Waals surface area contributed by atoms with Crippen LogP contribution in [-0.4, -0.2) is 33.1 Å². The van der Waals surface area contributed by atoms with Gasteiger partial charge in [-0.05, 0) is 47.9 Å². The van der Waals surface area contributed by atoms with Gasteiger partial charge in [0.1, 0.15) is 0 Å². The third kappa shape index (κ3) is 5.26. The molecule has 7 nitrogen and oxygen atoms in total. The standard InChI is InChI=1S/C21H24N2O5/c1-5-14-6-9-16(10-7-14)21(25)23-22-19(24)11-8-15-12-17(26-2)20(28-4)18(13-15)27-3/h6-13H,5H2,1-4H3,(H,22,24)(H,23,25)/b11-8+. The van der Waals surface area contributed by atoms with E-state index in [2.05, 4.69) is 10.9 Å². The second-order valence-electron chi connectivity index (χ2n) is 5.79. The molecular formula is C21H24N2O5. The third-order valence-electron chi connectivity index (χ3n) is 4.04. The Bertz CT molecular complexity index is 835. The molecule has 7 heteroatoms. The molecule has 0 fully saturated rings. The van der Waals surface area contributed by atoms with Crippen LogP contribution in [0, 0.1) is 0 Å². The van der Waals surface area contributed by atoms with Crippen LogP contribution in [0.3, 0.4) is 0 Å². The fourth-order valence-electron chi connectivity index (χ4n) is 2.49. The number of carbonyl (C=O) groups is 2. The van der Waals surface area contributed by atoms with Crippen molar-refractivity contribution in [2.75, 3.05) is 21.3 Å². The van der Waals surface area contributed by atoms with Gasteiger partial charge in [0.2, 0.25) is 5.75 Å². The number of hydrogen-bond acceptors (Lipinski definition) is 5. The van der Waals surface area contributed by atoms with Crippen molar-refractivity contribution < 1.29 is 23.8 Å². The molecule has 0 unspecified atom stereocenters. The van der Waals surface area contributed by atoms with Crippen molar-refractivity contribution in [2.24, 2.45) is 0 Å². The van der Waals surface area contributed by atoms with E-state index in [9.17, 15) is 9.59 Å². The molecule has 0 aliphatic rings. The molecule has 2 aromatic rings. The van der Waals surface area contributed by atoms with Crippen molar-refractivity contribution >= 4 is 17.9 Å². The van der Waals surface area contributed by atoms with Crippen LogP contribution in [0.15, 0.2) is 42.5 Å². The number of aryl methyl sites for hydroxylation is 1. The van der Waals surface area contributed by atoms with Gasteiger partial charge in [-0.2, -0.15) is 0 Å². The summed E-state index contributed by atoms with van der Waals surface area (Å²) in [7, 11) is 4.54. The van der Waals surface area contributed by atoms with E-state index in [0.717, 1.165) is 12.0 Å². The van der Waals surface area contributed by atoms with Gasteiger partial charge in [-0.3, -0.25) is 20.4 Å². The zero-order chi connectivity index (χ0) is 20.5. The minimum Gasteiger partial charge on any atom is -0.493 e. The Morgan fingerprint density at radius 1 is 0.929 bits per heavy atom. The van der Waals surface area contributed by atoms with E-state index < -0.39 is 11.8 Å². The summed E-state index contributed by atoms with van der Waals surface area (Å²) in [5, 5.41) is 0. The lowest BCUT2D eigenvalue weighted by Gasteiger charge is -2.12. The van der Waals surface area contributed by atoms with Crippen LogP contribution in [-0.2, 0) is 11.2 Å². The van der Waals surface area contributed by atoms with Crippen LogP contribution in [0.5, 0.6) is 17.2 Å². The molecule has 0 bridgehead atoms. The molecule has 0 saturated heterocycles. The van der Waals surface area contributed by atoms with Gasteiger partial charge in [0.15, 0.2) is 11.5 Å². The Labute approximate surface area is 164 Å². The van der Waals surface area contributed by atoms with Crippen molar-refractivity contribution in [3.8, 4) is 17.2 Å². The summed E-state index contributed by atoms with van der Waals surface area (Å²) in [6.07, 6.45) is 3.76. The Morgan fingerprint density at radius 3 is 2.04 bits per heavy atom. The van der Waals surface area contributed by atoms with Crippen LogP contribution in [0.1, 0.15) is 28.4 Å². The number of nitrogens with one attached hydrogen (secondary N) is 2. The maximum atomic E-state index is 12.1. The van der Waals surface area contributed by atoms with Crippen molar-refractivity contribution in [3.05, 3.63) is 59.2 Å². The first-order valence-corrected chi connectivity index (χ1v) is 8.69. The first-order valence-electron chi connectivity index (χ1n) is 8.69. The van der Waals surface area contributed by atoms with Gasteiger partial charge in [0.05, 0.1) is 21.3 Å². The van der Waals surface area contributed by atoms with Gasteiger partial charge in [-0.25, -0.2) is 0 Å².